The van der Waals surface area contributed by atoms with Gasteiger partial charge in [0.25, 0.3) is 0 Å². The minimum atomic E-state index is -4.55. The molecule has 0 amide bonds. The molecule has 0 aliphatic carbocycles. The number of fused-ring (bicyclic) bond motifs is 1. The zero-order valence-electron chi connectivity index (χ0n) is 38.5. The fraction of sp³-hybridized carbons (Fsp3) is 0.592. The summed E-state index contributed by atoms with van der Waals surface area (Å²) in [7, 11) is -4.55. The van der Waals surface area contributed by atoms with Gasteiger partial charge in [-0.1, -0.05) is 145 Å². The third-order valence-corrected chi connectivity index (χ3v) is 13.8. The first kappa shape index (κ1) is 52.2. The second kappa shape index (κ2) is 26.0. The Morgan fingerprint density at radius 1 is 0.892 bits per heavy atom. The minimum Gasteiger partial charge on any atom is -0.402 e. The van der Waals surface area contributed by atoms with Crippen molar-refractivity contribution < 1.29 is 32.3 Å². The number of nitrogens with zero attached hydrogens (tertiary/aromatic N) is 5. The molecule has 1 aliphatic heterocycles. The molecule has 1 aliphatic rings. The maximum Gasteiger partial charge on any atom is 0.530 e. The van der Waals surface area contributed by atoms with Crippen LogP contribution in [0.4, 0.5) is 5.82 Å². The van der Waals surface area contributed by atoms with Crippen LogP contribution in [0.3, 0.4) is 0 Å². The van der Waals surface area contributed by atoms with Crippen LogP contribution in [0.5, 0.6) is 5.75 Å². The zero-order valence-corrected chi connectivity index (χ0v) is 40.9. The summed E-state index contributed by atoms with van der Waals surface area (Å²) >= 11 is 12.8. The van der Waals surface area contributed by atoms with Crippen molar-refractivity contribution in [3.05, 3.63) is 87.8 Å². The summed E-state index contributed by atoms with van der Waals surface area (Å²) in [5.74, 6) is -0.753. The van der Waals surface area contributed by atoms with Crippen molar-refractivity contribution >= 4 is 42.4 Å². The molecule has 0 bridgehead atoms. The Morgan fingerprint density at radius 2 is 1.55 bits per heavy atom. The van der Waals surface area contributed by atoms with Gasteiger partial charge in [-0.25, -0.2) is 14.1 Å². The highest BCUT2D eigenvalue weighted by molar-refractivity contribution is 7.49. The molecule has 3 heterocycles. The molecule has 2 unspecified atom stereocenters. The SMILES string of the molecule is CCCCCCCCCCCCCCCCC[C@H](COP(=O)(OCC(C#N)(CC)[C@H]1OC(C)(C)O[C@H]1c1ccc2c(N)ncnn12)Oc1ccccc1Cl)OCc1cc(Cl)cc(C#N)c1. The second-order valence-corrected chi connectivity index (χ2v) is 19.9. The van der Waals surface area contributed by atoms with E-state index in [1.807, 2.05) is 6.92 Å². The number of nitrogens with two attached hydrogens (primary N) is 1. The van der Waals surface area contributed by atoms with E-state index in [-0.39, 0.29) is 36.2 Å². The highest BCUT2D eigenvalue weighted by atomic mass is 35.5. The molecule has 65 heavy (non-hydrogen) atoms. The number of nitrogen functional groups attached to an aromatic ring is 1. The number of nitriles is 2. The van der Waals surface area contributed by atoms with Gasteiger partial charge in [0.1, 0.15) is 35.2 Å². The Morgan fingerprint density at radius 3 is 2.18 bits per heavy atom. The molecule has 354 valence electrons. The van der Waals surface area contributed by atoms with E-state index in [0.29, 0.717) is 33.8 Å². The lowest BCUT2D eigenvalue weighted by Crippen LogP contribution is -2.42. The molecular weight excluding hydrogens is 886 g/mol. The van der Waals surface area contributed by atoms with Gasteiger partial charge in [0.2, 0.25) is 0 Å². The number of ether oxygens (including phenoxy) is 3. The molecule has 2 aromatic carbocycles. The molecule has 0 radical (unpaired) electrons. The number of hydrogen-bond donors (Lipinski definition) is 1. The van der Waals surface area contributed by atoms with E-state index in [2.05, 4.69) is 29.1 Å². The van der Waals surface area contributed by atoms with Crippen LogP contribution in [0.15, 0.2) is 60.9 Å². The van der Waals surface area contributed by atoms with Gasteiger partial charge < -0.3 is 24.5 Å². The molecule has 2 N–H and O–H groups in total. The Bertz CT molecular complexity index is 2230. The largest absolute Gasteiger partial charge is 0.530 e. The summed E-state index contributed by atoms with van der Waals surface area (Å²) in [5, 5.41) is 25.5. The quantitative estimate of drug-likeness (QED) is 0.0387. The topological polar surface area (TPSA) is 176 Å². The first-order valence-corrected chi connectivity index (χ1v) is 25.6. The smallest absolute Gasteiger partial charge is 0.402 e. The Kier molecular flexibility index (Phi) is 20.9. The molecule has 4 aromatic rings. The number of hydrogen-bond acceptors (Lipinski definition) is 12. The lowest BCUT2D eigenvalue weighted by atomic mass is 9.78. The van der Waals surface area contributed by atoms with Crippen LogP contribution in [0.1, 0.15) is 160 Å². The lowest BCUT2D eigenvalue weighted by molar-refractivity contribution is -0.156. The van der Waals surface area contributed by atoms with Gasteiger partial charge in [0.15, 0.2) is 11.6 Å². The number of para-hydroxylation sites is 1. The Balaban J connectivity index is 1.27. The van der Waals surface area contributed by atoms with Gasteiger partial charge in [0.05, 0.1) is 54.3 Å². The summed E-state index contributed by atoms with van der Waals surface area (Å²) in [4.78, 5) is 4.10. The summed E-state index contributed by atoms with van der Waals surface area (Å²) in [6, 6.07) is 19.8. The normalized spacial score (nSPS) is 18.2. The lowest BCUT2D eigenvalue weighted by Gasteiger charge is -2.34. The maximum absolute atomic E-state index is 14.9. The Labute approximate surface area is 395 Å². The Hall–Kier alpha value is -3.75. The maximum atomic E-state index is 14.9. The molecule has 0 saturated carbocycles. The fourth-order valence-electron chi connectivity index (χ4n) is 8.20. The molecular formula is C49H67Cl2N6O7P. The van der Waals surface area contributed by atoms with Crippen LogP contribution in [0, 0.1) is 28.1 Å². The van der Waals surface area contributed by atoms with Gasteiger partial charge in [-0.05, 0) is 74.7 Å². The fourth-order valence-corrected chi connectivity index (χ4v) is 10.0. The molecule has 13 nitrogen and oxygen atoms in total. The van der Waals surface area contributed by atoms with Crippen molar-refractivity contribution in [1.82, 2.24) is 14.6 Å². The summed E-state index contributed by atoms with van der Waals surface area (Å²) in [6.07, 6.45) is 18.5. The highest BCUT2D eigenvalue weighted by Gasteiger charge is 2.55. The number of halogens is 2. The van der Waals surface area contributed by atoms with Gasteiger partial charge in [-0.2, -0.15) is 15.6 Å². The zero-order chi connectivity index (χ0) is 46.7. The minimum absolute atomic E-state index is 0.0794. The van der Waals surface area contributed by atoms with E-state index in [1.54, 1.807) is 73.0 Å². The predicted octanol–water partition coefficient (Wildman–Crippen LogP) is 13.7. The predicted molar refractivity (Wildman–Crippen MR) is 254 cm³/mol. The van der Waals surface area contributed by atoms with E-state index in [1.165, 1.54) is 83.4 Å². The number of phosphoric ester groups is 1. The van der Waals surface area contributed by atoms with Crippen LogP contribution in [0.2, 0.25) is 10.0 Å². The second-order valence-electron chi connectivity index (χ2n) is 17.5. The molecule has 1 saturated heterocycles. The first-order chi connectivity index (χ1) is 31.3. The van der Waals surface area contributed by atoms with Crippen molar-refractivity contribution in [2.45, 2.75) is 168 Å². The molecule has 2 aromatic heterocycles. The number of rotatable bonds is 30. The van der Waals surface area contributed by atoms with Gasteiger partial charge in [-0.15, -0.1) is 0 Å². The molecule has 1 fully saturated rings. The van der Waals surface area contributed by atoms with Gasteiger partial charge in [-0.3, -0.25) is 9.05 Å². The van der Waals surface area contributed by atoms with E-state index in [0.717, 1.165) is 19.3 Å². The van der Waals surface area contributed by atoms with Crippen molar-refractivity contribution in [2.75, 3.05) is 18.9 Å². The number of phosphoric acid groups is 1. The van der Waals surface area contributed by atoms with Gasteiger partial charge in [0, 0.05) is 5.02 Å². The van der Waals surface area contributed by atoms with Crippen molar-refractivity contribution in [3.8, 4) is 17.9 Å². The first-order valence-electron chi connectivity index (χ1n) is 23.3. The third kappa shape index (κ3) is 15.7. The van der Waals surface area contributed by atoms with E-state index < -0.39 is 43.9 Å². The highest BCUT2D eigenvalue weighted by Crippen LogP contribution is 2.55. The summed E-state index contributed by atoms with van der Waals surface area (Å²) < 4.78 is 54.3. The number of anilines is 1. The summed E-state index contributed by atoms with van der Waals surface area (Å²) in [6.45, 7) is 7.14. The van der Waals surface area contributed by atoms with Crippen LogP contribution < -0.4 is 10.3 Å². The average molecular weight is 954 g/mol. The van der Waals surface area contributed by atoms with Gasteiger partial charge >= 0.3 is 7.82 Å². The van der Waals surface area contributed by atoms with Crippen molar-refractivity contribution in [1.29, 1.82) is 10.5 Å². The van der Waals surface area contributed by atoms with Crippen LogP contribution >= 0.6 is 31.0 Å². The van der Waals surface area contributed by atoms with Crippen LogP contribution in [-0.4, -0.2) is 45.8 Å². The van der Waals surface area contributed by atoms with Crippen molar-refractivity contribution in [2.24, 2.45) is 5.41 Å². The molecule has 16 heteroatoms. The van der Waals surface area contributed by atoms with Crippen LogP contribution in [0.25, 0.3) is 5.52 Å². The average Bonchev–Trinajstić information content (AvgIpc) is 3.88. The molecule has 5 rings (SSSR count). The number of unbranched alkanes of at least 4 members (excludes halogenated alkanes) is 14. The van der Waals surface area contributed by atoms with Crippen LogP contribution in [-0.2, 0) is 34.4 Å². The van der Waals surface area contributed by atoms with E-state index in [9.17, 15) is 15.1 Å². The van der Waals surface area contributed by atoms with E-state index >= 15 is 0 Å². The monoisotopic (exact) mass is 952 g/mol. The van der Waals surface area contributed by atoms with E-state index in [4.69, 9.17) is 56.7 Å². The third-order valence-electron chi connectivity index (χ3n) is 11.9. The van der Waals surface area contributed by atoms with Crippen molar-refractivity contribution in [3.63, 3.8) is 0 Å². The molecule has 5 atom stereocenters. The number of benzene rings is 2. The molecule has 0 spiro atoms. The number of aromatic nitrogens is 3. The summed E-state index contributed by atoms with van der Waals surface area (Å²) in [5.41, 5.74) is 7.01. The standard InChI is InChI=1S/C49H67Cl2N6O7P/c1-5-7-8-9-10-11-12-13-14-15-16-17-18-19-20-23-40(59-32-38-28-37(31-52)29-39(50)30-38)33-60-65(58,64-44-25-22-21-24-41(44)51)61-35-49(6-2,34-53)46-45(62-48(3,4)63-46)42-26-27-43-47(54)55-36-56-57(42)43/h21-22,24-30,36,40,45-46H,5-20,23,32-33,35H2,1-4H3,(H2,54,55,56)/t40-,45+,46+,49?,65?/m1/s1.